The number of ether oxygens (including phenoxy) is 1. The number of aromatic amines is 1. The zero-order chi connectivity index (χ0) is 20.5. The number of rotatable bonds is 7. The Hall–Kier alpha value is -2.42. The first-order chi connectivity index (χ1) is 14.7. The first kappa shape index (κ1) is 19.5. The van der Waals surface area contributed by atoms with Crippen LogP contribution >= 0.6 is 23.1 Å². The number of nitrogens with one attached hydrogen (secondary N) is 1. The number of benzene rings is 1. The maximum Gasteiger partial charge on any atom is 0.192 e. The van der Waals surface area contributed by atoms with Gasteiger partial charge in [-0.15, -0.1) is 21.5 Å². The zero-order valence-corrected chi connectivity index (χ0v) is 18.3. The van der Waals surface area contributed by atoms with Crippen LogP contribution in [0.5, 0.6) is 0 Å². The second-order valence-corrected chi connectivity index (χ2v) is 9.30. The number of thioether (sulfide) groups is 1. The number of Topliss-reactive ketones (excluding diaryl/α,β-unsaturated/α-hetero) is 1. The second kappa shape index (κ2) is 8.37. The molecule has 4 heterocycles. The van der Waals surface area contributed by atoms with Crippen molar-refractivity contribution >= 4 is 39.8 Å². The first-order valence-electron chi connectivity index (χ1n) is 10.0. The van der Waals surface area contributed by atoms with Crippen molar-refractivity contribution in [1.29, 1.82) is 0 Å². The van der Waals surface area contributed by atoms with Crippen molar-refractivity contribution in [3.8, 4) is 10.7 Å². The highest BCUT2D eigenvalue weighted by Crippen LogP contribution is 2.30. The summed E-state index contributed by atoms with van der Waals surface area (Å²) in [6, 6.07) is 12.0. The molecule has 154 valence electrons. The summed E-state index contributed by atoms with van der Waals surface area (Å²) in [6.07, 6.45) is 2.30. The fraction of sp³-hybridized carbons (Fsp3) is 0.318. The Morgan fingerprint density at radius 2 is 2.20 bits per heavy atom. The quantitative estimate of drug-likeness (QED) is 0.326. The molecular weight excluding hydrogens is 416 g/mol. The number of nitrogens with zero attached hydrogens (tertiary/aromatic N) is 3. The number of thiophene rings is 1. The van der Waals surface area contributed by atoms with Crippen LogP contribution in [0.3, 0.4) is 0 Å². The third-order valence-corrected chi connectivity index (χ3v) is 7.21. The van der Waals surface area contributed by atoms with Gasteiger partial charge in [0, 0.05) is 28.8 Å². The van der Waals surface area contributed by atoms with Crippen molar-refractivity contribution in [1.82, 2.24) is 19.7 Å². The van der Waals surface area contributed by atoms with Gasteiger partial charge in [-0.1, -0.05) is 36.0 Å². The van der Waals surface area contributed by atoms with E-state index < -0.39 is 0 Å². The molecule has 0 radical (unpaired) electrons. The Labute approximate surface area is 182 Å². The lowest BCUT2D eigenvalue weighted by Gasteiger charge is -2.14. The predicted molar refractivity (Wildman–Crippen MR) is 120 cm³/mol. The summed E-state index contributed by atoms with van der Waals surface area (Å²) in [6.45, 7) is 3.47. The Bertz CT molecular complexity index is 1170. The van der Waals surface area contributed by atoms with Crippen LogP contribution in [0.1, 0.15) is 28.9 Å². The lowest BCUT2D eigenvalue weighted by Crippen LogP contribution is -2.17. The van der Waals surface area contributed by atoms with Crippen LogP contribution in [0.15, 0.2) is 46.9 Å². The minimum atomic E-state index is 0.0966. The molecule has 1 unspecified atom stereocenters. The molecule has 0 amide bonds. The zero-order valence-electron chi connectivity index (χ0n) is 16.6. The van der Waals surface area contributed by atoms with Gasteiger partial charge in [0.25, 0.3) is 0 Å². The van der Waals surface area contributed by atoms with Crippen LogP contribution in [-0.4, -0.2) is 44.0 Å². The Morgan fingerprint density at radius 3 is 3.00 bits per heavy atom. The molecule has 0 aliphatic carbocycles. The lowest BCUT2D eigenvalue weighted by molar-refractivity contribution is 0.0953. The van der Waals surface area contributed by atoms with Gasteiger partial charge in [0.15, 0.2) is 16.8 Å². The summed E-state index contributed by atoms with van der Waals surface area (Å²) in [5.41, 5.74) is 2.66. The Kier molecular flexibility index (Phi) is 5.45. The third-order valence-electron chi connectivity index (χ3n) is 5.37. The molecule has 1 fully saturated rings. The number of aromatic nitrogens is 4. The maximum atomic E-state index is 13.1. The van der Waals surface area contributed by atoms with Gasteiger partial charge in [0.1, 0.15) is 0 Å². The van der Waals surface area contributed by atoms with Gasteiger partial charge < -0.3 is 9.72 Å². The van der Waals surface area contributed by atoms with Gasteiger partial charge in [-0.2, -0.15) is 0 Å². The molecule has 0 bridgehead atoms. The van der Waals surface area contributed by atoms with E-state index in [2.05, 4.69) is 25.8 Å². The van der Waals surface area contributed by atoms with E-state index in [9.17, 15) is 4.79 Å². The van der Waals surface area contributed by atoms with Crippen molar-refractivity contribution in [3.05, 3.63) is 53.0 Å². The molecule has 1 aromatic carbocycles. The molecule has 1 N–H and O–H groups in total. The number of para-hydroxylation sites is 1. The number of fused-ring (bicyclic) bond motifs is 1. The number of hydrogen-bond acceptors (Lipinski definition) is 6. The first-order valence-corrected chi connectivity index (χ1v) is 11.9. The average Bonchev–Trinajstić information content (AvgIpc) is 3.53. The SMILES string of the molecule is Cc1[nH]c2ccccc2c1C(=O)CSc1nnc(-c2cccs2)n1CC1CCCO1. The smallest absolute Gasteiger partial charge is 0.192 e. The summed E-state index contributed by atoms with van der Waals surface area (Å²) >= 11 is 3.09. The number of H-pyrrole nitrogens is 1. The summed E-state index contributed by atoms with van der Waals surface area (Å²) < 4.78 is 7.96. The fourth-order valence-corrected chi connectivity index (χ4v) is 5.52. The van der Waals surface area contributed by atoms with Crippen LogP contribution in [0.4, 0.5) is 0 Å². The maximum absolute atomic E-state index is 13.1. The Morgan fingerprint density at radius 1 is 1.30 bits per heavy atom. The summed E-state index contributed by atoms with van der Waals surface area (Å²) in [5.74, 6) is 1.26. The lowest BCUT2D eigenvalue weighted by atomic mass is 10.1. The number of aryl methyl sites for hydroxylation is 1. The van der Waals surface area contributed by atoms with E-state index in [0.717, 1.165) is 57.5 Å². The monoisotopic (exact) mass is 438 g/mol. The van der Waals surface area contributed by atoms with Gasteiger partial charge in [0.2, 0.25) is 0 Å². The molecule has 6 nitrogen and oxygen atoms in total. The van der Waals surface area contributed by atoms with Crippen molar-refractivity contribution in [3.63, 3.8) is 0 Å². The average molecular weight is 439 g/mol. The molecule has 3 aromatic heterocycles. The van der Waals surface area contributed by atoms with Crippen LogP contribution in [-0.2, 0) is 11.3 Å². The van der Waals surface area contributed by atoms with Crippen molar-refractivity contribution in [2.24, 2.45) is 0 Å². The van der Waals surface area contributed by atoms with E-state index in [1.165, 1.54) is 11.8 Å². The van der Waals surface area contributed by atoms with E-state index in [-0.39, 0.29) is 11.9 Å². The van der Waals surface area contributed by atoms with Crippen molar-refractivity contribution in [2.45, 2.75) is 37.6 Å². The van der Waals surface area contributed by atoms with Crippen LogP contribution in [0, 0.1) is 6.92 Å². The van der Waals surface area contributed by atoms with Crippen molar-refractivity contribution < 1.29 is 9.53 Å². The second-order valence-electron chi connectivity index (χ2n) is 7.41. The number of carbonyl (C=O) groups is 1. The van der Waals surface area contributed by atoms with Crippen molar-refractivity contribution in [2.75, 3.05) is 12.4 Å². The molecular formula is C22H22N4O2S2. The van der Waals surface area contributed by atoms with Gasteiger partial charge >= 0.3 is 0 Å². The highest BCUT2D eigenvalue weighted by atomic mass is 32.2. The minimum Gasteiger partial charge on any atom is -0.376 e. The molecule has 0 saturated carbocycles. The molecule has 1 saturated heterocycles. The van der Waals surface area contributed by atoms with Crippen LogP contribution < -0.4 is 0 Å². The number of ketones is 1. The molecule has 1 aliphatic heterocycles. The topological polar surface area (TPSA) is 72.8 Å². The van der Waals surface area contributed by atoms with Crippen LogP contribution in [0.25, 0.3) is 21.6 Å². The van der Waals surface area contributed by atoms with Crippen LogP contribution in [0.2, 0.25) is 0 Å². The van der Waals surface area contributed by atoms with E-state index in [4.69, 9.17) is 4.74 Å². The summed E-state index contributed by atoms with van der Waals surface area (Å²) in [7, 11) is 0. The summed E-state index contributed by atoms with van der Waals surface area (Å²) in [5, 5.41) is 12.6. The van der Waals surface area contributed by atoms with E-state index >= 15 is 0 Å². The van der Waals surface area contributed by atoms with E-state index in [0.29, 0.717) is 12.3 Å². The fourth-order valence-electron chi connectivity index (χ4n) is 3.98. The van der Waals surface area contributed by atoms with E-state index in [1.54, 1.807) is 11.3 Å². The molecule has 1 aliphatic rings. The van der Waals surface area contributed by atoms with Gasteiger partial charge in [-0.25, -0.2) is 0 Å². The van der Waals surface area contributed by atoms with Gasteiger partial charge in [0.05, 0.1) is 23.3 Å². The third kappa shape index (κ3) is 3.71. The summed E-state index contributed by atoms with van der Waals surface area (Å²) in [4.78, 5) is 17.5. The highest BCUT2D eigenvalue weighted by Gasteiger charge is 2.23. The number of carbonyl (C=O) groups excluding carboxylic acids is 1. The Balaban J connectivity index is 1.40. The van der Waals surface area contributed by atoms with Gasteiger partial charge in [-0.05, 0) is 37.3 Å². The molecule has 1 atom stereocenters. The molecule has 4 aromatic rings. The molecule has 30 heavy (non-hydrogen) atoms. The highest BCUT2D eigenvalue weighted by molar-refractivity contribution is 7.99. The molecule has 0 spiro atoms. The molecule has 5 rings (SSSR count). The normalized spacial score (nSPS) is 16.5. The molecule has 8 heteroatoms. The predicted octanol–water partition coefficient (Wildman–Crippen LogP) is 4.95. The van der Waals surface area contributed by atoms with Gasteiger partial charge in [-0.3, -0.25) is 9.36 Å². The minimum absolute atomic E-state index is 0.0966. The standard InChI is InChI=1S/C22H22N4O2S2/c1-14-20(16-7-2-3-8-17(16)23-14)18(27)13-30-22-25-24-21(19-9-5-11-29-19)26(22)12-15-6-4-10-28-15/h2-3,5,7-9,11,15,23H,4,6,10,12-13H2,1H3. The largest absolute Gasteiger partial charge is 0.376 e. The number of hydrogen-bond donors (Lipinski definition) is 1. The van der Waals surface area contributed by atoms with E-state index in [1.807, 2.05) is 42.6 Å².